The van der Waals surface area contributed by atoms with E-state index in [0.29, 0.717) is 6.42 Å². The largest absolute Gasteiger partial charge is 0.322 e. The van der Waals surface area contributed by atoms with E-state index in [-0.39, 0.29) is 6.04 Å². The second-order valence-electron chi connectivity index (χ2n) is 3.12. The lowest BCUT2D eigenvalue weighted by Crippen LogP contribution is -2.14. The summed E-state index contributed by atoms with van der Waals surface area (Å²) in [4.78, 5) is 0. The lowest BCUT2D eigenvalue weighted by molar-refractivity contribution is 0.658. The number of nitrogens with zero attached hydrogens (tertiary/aromatic N) is 4. The minimum absolute atomic E-state index is 0.108. The number of rotatable bonds is 3. The zero-order chi connectivity index (χ0) is 9.97. The molecule has 0 radical (unpaired) electrons. The second-order valence-corrected chi connectivity index (χ2v) is 3.73. The van der Waals surface area contributed by atoms with Crippen LogP contribution in [0.15, 0.2) is 17.6 Å². The first-order valence-corrected chi connectivity index (χ1v) is 5.10. The molecule has 74 valence electrons. The molecule has 1 unspecified atom stereocenters. The van der Waals surface area contributed by atoms with Gasteiger partial charge in [0, 0.05) is 25.0 Å². The summed E-state index contributed by atoms with van der Waals surface area (Å²) in [6, 6.07) is 1.85. The molecule has 0 saturated carbocycles. The topological polar surface area (TPSA) is 69.6 Å². The number of hydrogen-bond acceptors (Lipinski definition) is 5. The predicted octanol–water partition coefficient (Wildman–Crippen LogP) is 0.514. The number of hydrogen-bond donors (Lipinski definition) is 1. The van der Waals surface area contributed by atoms with Gasteiger partial charge in [-0.2, -0.15) is 5.10 Å². The summed E-state index contributed by atoms with van der Waals surface area (Å²) in [5.41, 5.74) is 7.75. The van der Waals surface area contributed by atoms with E-state index in [1.54, 1.807) is 4.68 Å². The van der Waals surface area contributed by atoms with Gasteiger partial charge >= 0.3 is 0 Å². The fraction of sp³-hybridized carbons (Fsp3) is 0.375. The molecule has 1 atom stereocenters. The summed E-state index contributed by atoms with van der Waals surface area (Å²) in [7, 11) is 1.89. The average Bonchev–Trinajstić information content (AvgIpc) is 2.75. The first kappa shape index (κ1) is 9.29. The Bertz CT molecular complexity index is 394. The summed E-state index contributed by atoms with van der Waals surface area (Å²) in [5, 5.41) is 10.0. The van der Waals surface area contributed by atoms with E-state index in [0.717, 1.165) is 11.4 Å². The Morgan fingerprint density at radius 3 is 3.07 bits per heavy atom. The van der Waals surface area contributed by atoms with Gasteiger partial charge in [-0.3, -0.25) is 4.68 Å². The van der Waals surface area contributed by atoms with E-state index in [9.17, 15) is 0 Å². The van der Waals surface area contributed by atoms with E-state index in [4.69, 9.17) is 5.73 Å². The Morgan fingerprint density at radius 2 is 2.50 bits per heavy atom. The lowest BCUT2D eigenvalue weighted by atomic mass is 10.1. The molecule has 0 amide bonds. The van der Waals surface area contributed by atoms with Gasteiger partial charge in [0.05, 0.1) is 17.4 Å². The molecule has 0 aromatic carbocycles. The minimum Gasteiger partial charge on any atom is -0.322 e. The molecule has 0 bridgehead atoms. The summed E-state index contributed by atoms with van der Waals surface area (Å²) in [6.07, 6.45) is 2.60. The van der Waals surface area contributed by atoms with Crippen LogP contribution in [0.25, 0.3) is 0 Å². The smallest absolute Gasteiger partial charge is 0.0926 e. The Morgan fingerprint density at radius 1 is 1.64 bits per heavy atom. The van der Waals surface area contributed by atoms with Gasteiger partial charge in [0.25, 0.3) is 0 Å². The Balaban J connectivity index is 2.05. The number of aryl methyl sites for hydroxylation is 1. The summed E-state index contributed by atoms with van der Waals surface area (Å²) in [5.74, 6) is 0. The first-order chi connectivity index (χ1) is 6.75. The van der Waals surface area contributed by atoms with Crippen LogP contribution >= 0.6 is 11.5 Å². The van der Waals surface area contributed by atoms with E-state index in [1.165, 1.54) is 11.5 Å². The molecule has 2 aromatic heterocycles. The standard InChI is InChI=1S/C8H11N5S/c1-13-3-2-6(11-13)4-7(9)8-5-14-12-10-8/h2-3,5,7H,4,9H2,1H3. The second kappa shape index (κ2) is 3.85. The third kappa shape index (κ3) is 1.97. The van der Waals surface area contributed by atoms with Crippen molar-refractivity contribution in [1.29, 1.82) is 0 Å². The predicted molar refractivity (Wildman–Crippen MR) is 53.7 cm³/mol. The number of nitrogens with two attached hydrogens (primary N) is 1. The summed E-state index contributed by atoms with van der Waals surface area (Å²) in [6.45, 7) is 0. The molecule has 2 aromatic rings. The van der Waals surface area contributed by atoms with Crippen LogP contribution in [0.1, 0.15) is 17.4 Å². The van der Waals surface area contributed by atoms with Crippen LogP contribution in [0.4, 0.5) is 0 Å². The van der Waals surface area contributed by atoms with Crippen molar-refractivity contribution in [2.45, 2.75) is 12.5 Å². The molecular weight excluding hydrogens is 198 g/mol. The van der Waals surface area contributed by atoms with Gasteiger partial charge in [-0.25, -0.2) is 0 Å². The van der Waals surface area contributed by atoms with E-state index < -0.39 is 0 Å². The summed E-state index contributed by atoms with van der Waals surface area (Å²) < 4.78 is 5.54. The highest BCUT2D eigenvalue weighted by Crippen LogP contribution is 2.12. The van der Waals surface area contributed by atoms with Gasteiger partial charge in [-0.05, 0) is 17.6 Å². The van der Waals surface area contributed by atoms with Crippen molar-refractivity contribution in [3.8, 4) is 0 Å². The zero-order valence-corrected chi connectivity index (χ0v) is 8.61. The molecule has 0 aliphatic carbocycles. The van der Waals surface area contributed by atoms with Crippen molar-refractivity contribution >= 4 is 11.5 Å². The molecule has 2 rings (SSSR count). The van der Waals surface area contributed by atoms with Gasteiger partial charge in [0.1, 0.15) is 0 Å². The third-order valence-corrected chi connectivity index (χ3v) is 2.48. The Hall–Kier alpha value is -1.27. The van der Waals surface area contributed by atoms with Gasteiger partial charge in [0.15, 0.2) is 0 Å². The van der Waals surface area contributed by atoms with Crippen LogP contribution in [0.5, 0.6) is 0 Å². The molecule has 0 spiro atoms. The van der Waals surface area contributed by atoms with Gasteiger partial charge in [-0.1, -0.05) is 4.49 Å². The fourth-order valence-corrected chi connectivity index (χ4v) is 1.75. The maximum absolute atomic E-state index is 5.94. The van der Waals surface area contributed by atoms with Crippen LogP contribution in [0.2, 0.25) is 0 Å². The van der Waals surface area contributed by atoms with Crippen molar-refractivity contribution in [3.05, 3.63) is 29.0 Å². The highest BCUT2D eigenvalue weighted by atomic mass is 32.1. The molecule has 2 N–H and O–H groups in total. The molecule has 6 heteroatoms. The molecule has 14 heavy (non-hydrogen) atoms. The SMILES string of the molecule is Cn1ccc(CC(N)c2csnn2)n1. The van der Waals surface area contributed by atoms with Crippen molar-refractivity contribution in [1.82, 2.24) is 19.4 Å². The Kier molecular flexibility index (Phi) is 2.55. The maximum Gasteiger partial charge on any atom is 0.0926 e. The van der Waals surface area contributed by atoms with Crippen molar-refractivity contribution in [2.75, 3.05) is 0 Å². The van der Waals surface area contributed by atoms with E-state index in [1.807, 2.05) is 24.7 Å². The quantitative estimate of drug-likeness (QED) is 0.799. The Labute approximate surface area is 85.7 Å². The normalized spacial score (nSPS) is 13.0. The zero-order valence-electron chi connectivity index (χ0n) is 7.79. The van der Waals surface area contributed by atoms with Crippen LogP contribution in [0.3, 0.4) is 0 Å². The van der Waals surface area contributed by atoms with Crippen molar-refractivity contribution < 1.29 is 0 Å². The van der Waals surface area contributed by atoms with Gasteiger partial charge in [-0.15, -0.1) is 5.10 Å². The molecule has 0 fully saturated rings. The van der Waals surface area contributed by atoms with Crippen LogP contribution in [0, 0.1) is 0 Å². The third-order valence-electron chi connectivity index (χ3n) is 1.95. The van der Waals surface area contributed by atoms with Gasteiger partial charge < -0.3 is 5.73 Å². The molecule has 5 nitrogen and oxygen atoms in total. The molecule has 0 aliphatic rings. The molecule has 0 saturated heterocycles. The molecule has 0 aliphatic heterocycles. The minimum atomic E-state index is -0.108. The lowest BCUT2D eigenvalue weighted by Gasteiger charge is -2.04. The fourth-order valence-electron chi connectivity index (χ4n) is 1.24. The van der Waals surface area contributed by atoms with Crippen LogP contribution < -0.4 is 5.73 Å². The highest BCUT2D eigenvalue weighted by Gasteiger charge is 2.11. The van der Waals surface area contributed by atoms with Crippen LogP contribution in [-0.2, 0) is 13.5 Å². The van der Waals surface area contributed by atoms with Crippen molar-refractivity contribution in [2.24, 2.45) is 12.8 Å². The molecular formula is C8H11N5S. The van der Waals surface area contributed by atoms with Gasteiger partial charge in [0.2, 0.25) is 0 Å². The van der Waals surface area contributed by atoms with Crippen molar-refractivity contribution in [3.63, 3.8) is 0 Å². The summed E-state index contributed by atoms with van der Waals surface area (Å²) >= 11 is 1.32. The van der Waals surface area contributed by atoms with E-state index >= 15 is 0 Å². The highest BCUT2D eigenvalue weighted by molar-refractivity contribution is 7.03. The number of aromatic nitrogens is 4. The van der Waals surface area contributed by atoms with E-state index in [2.05, 4.69) is 14.7 Å². The van der Waals surface area contributed by atoms with Crippen LogP contribution in [-0.4, -0.2) is 19.4 Å². The average molecular weight is 209 g/mol. The first-order valence-electron chi connectivity index (χ1n) is 4.27. The monoisotopic (exact) mass is 209 g/mol. The molecule has 2 heterocycles. The maximum atomic E-state index is 5.94.